The minimum atomic E-state index is -0.0360. The number of aryl methyl sites for hydroxylation is 2. The van der Waals surface area contributed by atoms with Gasteiger partial charge in [-0.15, -0.1) is 11.3 Å². The van der Waals surface area contributed by atoms with Crippen molar-refractivity contribution in [3.63, 3.8) is 0 Å². The first-order valence-electron chi connectivity index (χ1n) is 7.93. The van der Waals surface area contributed by atoms with Crippen molar-refractivity contribution in [3.8, 4) is 0 Å². The van der Waals surface area contributed by atoms with E-state index < -0.39 is 0 Å². The number of nitrogens with zero attached hydrogens (tertiary/aromatic N) is 3. The number of rotatable bonds is 6. The van der Waals surface area contributed by atoms with Crippen LogP contribution in [0.2, 0.25) is 0 Å². The van der Waals surface area contributed by atoms with Crippen molar-refractivity contribution < 1.29 is 4.79 Å². The quantitative estimate of drug-likeness (QED) is 0.877. The lowest BCUT2D eigenvalue weighted by Crippen LogP contribution is -2.40. The number of nitrogens with one attached hydrogen (secondary N) is 1. The molecular formula is C17H26N4OS. The van der Waals surface area contributed by atoms with Crippen LogP contribution in [0.1, 0.15) is 36.2 Å². The van der Waals surface area contributed by atoms with Crippen LogP contribution >= 0.6 is 11.3 Å². The minimum absolute atomic E-state index is 0.0360. The van der Waals surface area contributed by atoms with Crippen LogP contribution < -0.4 is 5.32 Å². The summed E-state index contributed by atoms with van der Waals surface area (Å²) in [5.41, 5.74) is 2.19. The zero-order chi connectivity index (χ0) is 17.0. The molecule has 0 aliphatic carbocycles. The molecule has 2 amide bonds. The Hall–Kier alpha value is -1.82. The smallest absolute Gasteiger partial charge is 0.317 e. The van der Waals surface area contributed by atoms with E-state index in [4.69, 9.17) is 0 Å². The molecule has 0 saturated heterocycles. The third-order valence-corrected chi connectivity index (χ3v) is 5.09. The molecule has 2 aromatic heterocycles. The third kappa shape index (κ3) is 4.58. The Labute approximate surface area is 142 Å². The molecule has 2 heterocycles. The molecule has 5 nitrogen and oxygen atoms in total. The highest BCUT2D eigenvalue weighted by Gasteiger charge is 2.18. The van der Waals surface area contributed by atoms with Crippen molar-refractivity contribution in [2.24, 2.45) is 5.92 Å². The van der Waals surface area contributed by atoms with Crippen LogP contribution in [0.15, 0.2) is 23.6 Å². The Balaban J connectivity index is 1.82. The van der Waals surface area contributed by atoms with Crippen molar-refractivity contribution in [3.05, 3.63) is 39.8 Å². The van der Waals surface area contributed by atoms with Crippen molar-refractivity contribution in [1.29, 1.82) is 0 Å². The molecule has 2 aromatic rings. The fraction of sp³-hybridized carbons (Fsp3) is 0.529. The highest BCUT2D eigenvalue weighted by molar-refractivity contribution is 7.10. The summed E-state index contributed by atoms with van der Waals surface area (Å²) in [4.78, 5) is 15.2. The maximum Gasteiger partial charge on any atom is 0.317 e. The standard InChI is InChI=1S/C17H26N4OS/c1-12(11-21-14(3)9-13(2)19-21)10-18-17(22)20(5)15(4)16-7-6-8-23-16/h6-9,12,15H,10-11H2,1-5H3,(H,18,22)/t12-,15-/m1/s1. The van der Waals surface area contributed by atoms with Gasteiger partial charge in [0.2, 0.25) is 0 Å². The monoisotopic (exact) mass is 334 g/mol. The summed E-state index contributed by atoms with van der Waals surface area (Å²) in [5.74, 6) is 0.322. The van der Waals surface area contributed by atoms with Gasteiger partial charge in [0.05, 0.1) is 11.7 Å². The van der Waals surface area contributed by atoms with Crippen LogP contribution in [0.4, 0.5) is 4.79 Å². The lowest BCUT2D eigenvalue weighted by Gasteiger charge is -2.25. The van der Waals surface area contributed by atoms with E-state index in [0.29, 0.717) is 12.5 Å². The summed E-state index contributed by atoms with van der Waals surface area (Å²) < 4.78 is 2.00. The lowest BCUT2D eigenvalue weighted by molar-refractivity contribution is 0.193. The average molecular weight is 334 g/mol. The van der Waals surface area contributed by atoms with E-state index in [1.54, 1.807) is 16.2 Å². The average Bonchev–Trinajstić information content (AvgIpc) is 3.13. The Morgan fingerprint density at radius 3 is 2.74 bits per heavy atom. The van der Waals surface area contributed by atoms with Crippen LogP contribution in [0.5, 0.6) is 0 Å². The summed E-state index contributed by atoms with van der Waals surface area (Å²) in [7, 11) is 1.84. The number of hydrogen-bond acceptors (Lipinski definition) is 3. The maximum absolute atomic E-state index is 12.3. The molecule has 0 bridgehead atoms. The molecule has 0 aliphatic rings. The summed E-state index contributed by atoms with van der Waals surface area (Å²) >= 11 is 1.67. The van der Waals surface area contributed by atoms with E-state index in [1.807, 2.05) is 37.0 Å². The van der Waals surface area contributed by atoms with Gasteiger partial charge in [0.1, 0.15) is 0 Å². The van der Waals surface area contributed by atoms with Gasteiger partial charge >= 0.3 is 6.03 Å². The second-order valence-corrected chi connectivity index (χ2v) is 7.18. The van der Waals surface area contributed by atoms with Gasteiger partial charge in [-0.2, -0.15) is 5.10 Å². The summed E-state index contributed by atoms with van der Waals surface area (Å²) in [6, 6.07) is 6.19. The van der Waals surface area contributed by atoms with Gasteiger partial charge in [0, 0.05) is 30.7 Å². The molecule has 126 valence electrons. The van der Waals surface area contributed by atoms with Gasteiger partial charge in [-0.3, -0.25) is 4.68 Å². The number of aromatic nitrogens is 2. The highest BCUT2D eigenvalue weighted by Crippen LogP contribution is 2.23. The zero-order valence-corrected chi connectivity index (χ0v) is 15.4. The molecule has 0 radical (unpaired) electrons. The number of urea groups is 1. The van der Waals surface area contributed by atoms with Crippen molar-refractivity contribution in [1.82, 2.24) is 20.0 Å². The largest absolute Gasteiger partial charge is 0.338 e. The molecule has 0 unspecified atom stereocenters. The van der Waals surface area contributed by atoms with E-state index >= 15 is 0 Å². The van der Waals surface area contributed by atoms with E-state index in [1.165, 1.54) is 4.88 Å². The Kier molecular flexibility index (Phi) is 5.82. The molecule has 0 spiro atoms. The first kappa shape index (κ1) is 17.5. The molecular weight excluding hydrogens is 308 g/mol. The first-order chi connectivity index (χ1) is 10.9. The summed E-state index contributed by atoms with van der Waals surface area (Å²) in [6.45, 7) is 9.67. The normalized spacial score (nSPS) is 13.6. The van der Waals surface area contributed by atoms with Crippen molar-refractivity contribution in [2.75, 3.05) is 13.6 Å². The fourth-order valence-electron chi connectivity index (χ4n) is 2.50. The first-order valence-corrected chi connectivity index (χ1v) is 8.81. The Morgan fingerprint density at radius 1 is 1.43 bits per heavy atom. The number of carbonyl (C=O) groups excluding carboxylic acids is 1. The lowest BCUT2D eigenvalue weighted by atomic mass is 10.2. The number of carbonyl (C=O) groups is 1. The molecule has 0 fully saturated rings. The topological polar surface area (TPSA) is 50.2 Å². The maximum atomic E-state index is 12.3. The van der Waals surface area contributed by atoms with Gasteiger partial charge in [0.15, 0.2) is 0 Å². The molecule has 2 atom stereocenters. The molecule has 6 heteroatoms. The molecule has 1 N–H and O–H groups in total. The molecule has 2 rings (SSSR count). The van der Waals surface area contributed by atoms with Gasteiger partial charge in [-0.25, -0.2) is 4.79 Å². The van der Waals surface area contributed by atoms with E-state index in [9.17, 15) is 4.79 Å². The van der Waals surface area contributed by atoms with Crippen molar-refractivity contribution in [2.45, 2.75) is 40.3 Å². The predicted octanol–water partition coefficient (Wildman–Crippen LogP) is 3.60. The Morgan fingerprint density at radius 2 is 2.17 bits per heavy atom. The van der Waals surface area contributed by atoms with Crippen molar-refractivity contribution >= 4 is 17.4 Å². The van der Waals surface area contributed by atoms with Crippen LogP contribution in [0, 0.1) is 19.8 Å². The van der Waals surface area contributed by atoms with E-state index in [-0.39, 0.29) is 12.1 Å². The number of amides is 2. The zero-order valence-electron chi connectivity index (χ0n) is 14.5. The van der Waals surface area contributed by atoms with E-state index in [2.05, 4.69) is 36.4 Å². The predicted molar refractivity (Wildman–Crippen MR) is 94.8 cm³/mol. The van der Waals surface area contributed by atoms with Gasteiger partial charge in [-0.05, 0) is 44.2 Å². The second kappa shape index (κ2) is 7.64. The summed E-state index contributed by atoms with van der Waals surface area (Å²) in [5, 5.41) is 9.53. The molecule has 0 aromatic carbocycles. The van der Waals surface area contributed by atoms with Crippen LogP contribution in [-0.4, -0.2) is 34.3 Å². The molecule has 0 saturated carbocycles. The minimum Gasteiger partial charge on any atom is -0.338 e. The SMILES string of the molecule is Cc1cc(C)n(C[C@H](C)CNC(=O)N(C)[C@H](C)c2cccs2)n1. The van der Waals surface area contributed by atoms with Crippen LogP contribution in [-0.2, 0) is 6.54 Å². The highest BCUT2D eigenvalue weighted by atomic mass is 32.1. The van der Waals surface area contributed by atoms with Gasteiger partial charge < -0.3 is 10.2 Å². The van der Waals surface area contributed by atoms with E-state index in [0.717, 1.165) is 17.9 Å². The van der Waals surface area contributed by atoms with Gasteiger partial charge in [0.25, 0.3) is 0 Å². The molecule has 0 aliphatic heterocycles. The third-order valence-electron chi connectivity index (χ3n) is 4.05. The van der Waals surface area contributed by atoms with Crippen LogP contribution in [0.25, 0.3) is 0 Å². The number of hydrogen-bond donors (Lipinski definition) is 1. The summed E-state index contributed by atoms with van der Waals surface area (Å²) in [6.07, 6.45) is 0. The Bertz CT molecular complexity index is 635. The van der Waals surface area contributed by atoms with Crippen LogP contribution in [0.3, 0.4) is 0 Å². The number of thiophene rings is 1. The fourth-order valence-corrected chi connectivity index (χ4v) is 3.33. The molecule has 23 heavy (non-hydrogen) atoms. The second-order valence-electron chi connectivity index (χ2n) is 6.20. The van der Waals surface area contributed by atoms with Gasteiger partial charge in [-0.1, -0.05) is 13.0 Å².